The van der Waals surface area contributed by atoms with Gasteiger partial charge in [0.05, 0.1) is 5.56 Å². The number of benzene rings is 2. The minimum absolute atomic E-state index is 0.208. The molecule has 27 heavy (non-hydrogen) atoms. The van der Waals surface area contributed by atoms with Crippen molar-refractivity contribution in [2.75, 3.05) is 16.4 Å². The Morgan fingerprint density at radius 3 is 2.48 bits per heavy atom. The molecule has 0 aliphatic carbocycles. The van der Waals surface area contributed by atoms with Crippen molar-refractivity contribution in [3.8, 4) is 11.1 Å². The average Bonchev–Trinajstić information content (AvgIpc) is 2.64. The fourth-order valence-corrected chi connectivity index (χ4v) is 2.74. The van der Waals surface area contributed by atoms with Crippen molar-refractivity contribution in [2.45, 2.75) is 6.92 Å². The number of aromatic amines is 1. The summed E-state index contributed by atoms with van der Waals surface area (Å²) in [5, 5.41) is 11.2. The van der Waals surface area contributed by atoms with Gasteiger partial charge in [0.1, 0.15) is 5.82 Å². The van der Waals surface area contributed by atoms with E-state index in [0.29, 0.717) is 16.8 Å². The van der Waals surface area contributed by atoms with Crippen LogP contribution in [0.5, 0.6) is 0 Å². The van der Waals surface area contributed by atoms with Crippen LogP contribution in [-0.2, 0) is 0 Å². The number of para-hydroxylation sites is 1. The van der Waals surface area contributed by atoms with Crippen molar-refractivity contribution < 1.29 is 10.2 Å². The monoisotopic (exact) mass is 362 g/mol. The van der Waals surface area contributed by atoms with Crippen LogP contribution in [0.2, 0.25) is 0 Å². The molecule has 2 amide bonds. The van der Waals surface area contributed by atoms with Gasteiger partial charge in [-0.1, -0.05) is 30.3 Å². The largest absolute Gasteiger partial charge is 0.384 e. The van der Waals surface area contributed by atoms with E-state index in [1.807, 2.05) is 31.2 Å². The predicted octanol–water partition coefficient (Wildman–Crippen LogP) is 1.75. The average molecular weight is 362 g/mol. The number of aromatic nitrogens is 1. The lowest BCUT2D eigenvalue weighted by Gasteiger charge is -2.11. The second-order valence-electron chi connectivity index (χ2n) is 6.01. The molecule has 2 aromatic carbocycles. The number of hydrogen-bond acceptors (Lipinski definition) is 3. The van der Waals surface area contributed by atoms with E-state index in [1.165, 1.54) is 12.3 Å². The van der Waals surface area contributed by atoms with Crippen molar-refractivity contribution in [3.05, 3.63) is 76.1 Å². The number of pyridine rings is 1. The van der Waals surface area contributed by atoms with E-state index in [9.17, 15) is 9.59 Å². The van der Waals surface area contributed by atoms with E-state index in [0.717, 1.165) is 16.8 Å². The molecule has 136 valence electrons. The molecule has 7 heteroatoms. The minimum Gasteiger partial charge on any atom is -0.384 e. The van der Waals surface area contributed by atoms with E-state index < -0.39 is 0 Å². The third-order valence-electron chi connectivity index (χ3n) is 4.13. The van der Waals surface area contributed by atoms with Gasteiger partial charge in [-0.05, 0) is 36.2 Å². The van der Waals surface area contributed by atoms with Crippen LogP contribution < -0.4 is 27.3 Å². The van der Waals surface area contributed by atoms with Gasteiger partial charge in [-0.25, -0.2) is 4.79 Å². The van der Waals surface area contributed by atoms with Gasteiger partial charge >= 0.3 is 6.03 Å². The number of nitrogen functional groups attached to an aromatic ring is 1. The van der Waals surface area contributed by atoms with Crippen LogP contribution in [0.15, 0.2) is 59.4 Å². The summed E-state index contributed by atoms with van der Waals surface area (Å²) in [6.45, 7) is 1.92. The van der Waals surface area contributed by atoms with Gasteiger partial charge in [-0.3, -0.25) is 10.2 Å². The Bertz CT molecular complexity index is 1050. The first-order valence-electron chi connectivity index (χ1n) is 8.29. The summed E-state index contributed by atoms with van der Waals surface area (Å²) in [6.07, 6.45) is 1.35. The van der Waals surface area contributed by atoms with Crippen LogP contribution in [0, 0.1) is 6.92 Å². The highest BCUT2D eigenvalue weighted by atomic mass is 16.2. The molecule has 0 bridgehead atoms. The number of nitrogens with one attached hydrogen (secondary N) is 3. The van der Waals surface area contributed by atoms with E-state index in [1.54, 1.807) is 24.3 Å². The summed E-state index contributed by atoms with van der Waals surface area (Å²) >= 11 is 0. The molecule has 0 fully saturated rings. The van der Waals surface area contributed by atoms with Gasteiger partial charge < -0.3 is 21.4 Å². The zero-order valence-corrected chi connectivity index (χ0v) is 14.7. The Morgan fingerprint density at radius 2 is 1.81 bits per heavy atom. The fourth-order valence-electron chi connectivity index (χ4n) is 2.74. The highest BCUT2D eigenvalue weighted by Gasteiger charge is 2.11. The summed E-state index contributed by atoms with van der Waals surface area (Å²) in [5.41, 5.74) is 9.76. The number of amides is 2. The maximum absolute atomic E-state index is 12.2. The molecular formula is C20H20N5O2+. The minimum atomic E-state index is -0.339. The zero-order valence-electron chi connectivity index (χ0n) is 14.7. The number of nitrogens with two attached hydrogens (primary N) is 2. The normalized spacial score (nSPS) is 10.3. The van der Waals surface area contributed by atoms with Crippen LogP contribution in [-0.4, -0.2) is 17.2 Å². The SMILES string of the molecule is Cc1ccccc1NC(=O)Nc1ccc(-c2cc(=O)[nH]c(N)c2C=[NH2+])cc1. The number of rotatable bonds is 4. The predicted molar refractivity (Wildman–Crippen MR) is 108 cm³/mol. The first kappa shape index (κ1) is 17.9. The Kier molecular flexibility index (Phi) is 5.03. The quantitative estimate of drug-likeness (QED) is 0.454. The van der Waals surface area contributed by atoms with Crippen molar-refractivity contribution in [1.82, 2.24) is 4.98 Å². The highest BCUT2D eigenvalue weighted by Crippen LogP contribution is 2.25. The van der Waals surface area contributed by atoms with Gasteiger partial charge in [-0.15, -0.1) is 0 Å². The number of urea groups is 1. The molecule has 0 saturated carbocycles. The number of H-pyrrole nitrogens is 1. The molecule has 0 aliphatic heterocycles. The Labute approximate surface area is 155 Å². The maximum atomic E-state index is 12.2. The van der Waals surface area contributed by atoms with Crippen LogP contribution >= 0.6 is 0 Å². The van der Waals surface area contributed by atoms with Crippen LogP contribution in [0.3, 0.4) is 0 Å². The first-order chi connectivity index (χ1) is 13.0. The van der Waals surface area contributed by atoms with Crippen molar-refractivity contribution in [3.63, 3.8) is 0 Å². The van der Waals surface area contributed by atoms with E-state index in [4.69, 9.17) is 11.1 Å². The number of carbonyl (C=O) groups is 1. The van der Waals surface area contributed by atoms with Gasteiger partial charge in [0, 0.05) is 23.0 Å². The molecule has 0 aliphatic rings. The van der Waals surface area contributed by atoms with Crippen molar-refractivity contribution in [2.24, 2.45) is 0 Å². The van der Waals surface area contributed by atoms with E-state index >= 15 is 0 Å². The van der Waals surface area contributed by atoms with Crippen molar-refractivity contribution >= 4 is 29.4 Å². The van der Waals surface area contributed by atoms with Gasteiger partial charge in [0.25, 0.3) is 0 Å². The lowest BCUT2D eigenvalue weighted by Crippen LogP contribution is -2.31. The standard InChI is InChI=1S/C20H19N5O2/c1-12-4-2-3-5-17(12)24-20(27)23-14-8-6-13(7-9-14)15-10-18(26)25-19(22)16(15)11-21/h2-11,21H,1H3,(H3,22,25,26)(H2,23,24,27)/p+1. The van der Waals surface area contributed by atoms with Crippen molar-refractivity contribution in [1.29, 1.82) is 0 Å². The van der Waals surface area contributed by atoms with Crippen LogP contribution in [0.4, 0.5) is 22.0 Å². The molecule has 7 nitrogen and oxygen atoms in total. The summed E-state index contributed by atoms with van der Waals surface area (Å²) in [5.74, 6) is 0.208. The second-order valence-corrected chi connectivity index (χ2v) is 6.01. The molecular weight excluding hydrogens is 342 g/mol. The molecule has 0 radical (unpaired) electrons. The van der Waals surface area contributed by atoms with Gasteiger partial charge in [0.15, 0.2) is 6.21 Å². The van der Waals surface area contributed by atoms with E-state index in [-0.39, 0.29) is 17.4 Å². The molecule has 0 spiro atoms. The van der Waals surface area contributed by atoms with Gasteiger partial charge in [0.2, 0.25) is 5.56 Å². The highest BCUT2D eigenvalue weighted by molar-refractivity contribution is 6.00. The number of anilines is 3. The molecule has 1 aromatic heterocycles. The number of hydrogen-bond donors (Lipinski definition) is 5. The summed E-state index contributed by atoms with van der Waals surface area (Å²) in [4.78, 5) is 26.4. The van der Waals surface area contributed by atoms with Gasteiger partial charge in [-0.2, -0.15) is 0 Å². The van der Waals surface area contributed by atoms with E-state index in [2.05, 4.69) is 15.6 Å². The summed E-state index contributed by atoms with van der Waals surface area (Å²) < 4.78 is 0. The fraction of sp³-hybridized carbons (Fsp3) is 0.0500. The third-order valence-corrected chi connectivity index (χ3v) is 4.13. The molecule has 7 N–H and O–H groups in total. The lowest BCUT2D eigenvalue weighted by atomic mass is 10.0. The van der Waals surface area contributed by atoms with Crippen LogP contribution in [0.25, 0.3) is 11.1 Å². The maximum Gasteiger partial charge on any atom is 0.323 e. The first-order valence-corrected chi connectivity index (χ1v) is 8.29. The molecule has 3 aromatic rings. The molecule has 3 rings (SSSR count). The topological polar surface area (TPSA) is 126 Å². The Morgan fingerprint density at radius 1 is 1.11 bits per heavy atom. The third kappa shape index (κ3) is 4.04. The zero-order chi connectivity index (χ0) is 19.4. The molecule has 0 saturated heterocycles. The molecule has 1 heterocycles. The molecule has 0 unspecified atom stereocenters. The van der Waals surface area contributed by atoms with Crippen LogP contribution in [0.1, 0.15) is 11.1 Å². The Balaban J connectivity index is 1.78. The summed E-state index contributed by atoms with van der Waals surface area (Å²) in [6, 6.07) is 15.7. The summed E-state index contributed by atoms with van der Waals surface area (Å²) in [7, 11) is 0. The number of aryl methyl sites for hydroxylation is 1. The lowest BCUT2D eigenvalue weighted by molar-refractivity contribution is -0.104. The Hall–Kier alpha value is -3.87. The molecule has 0 atom stereocenters. The smallest absolute Gasteiger partial charge is 0.323 e. The number of carbonyl (C=O) groups excluding carboxylic acids is 1. The second kappa shape index (κ2) is 7.57.